The van der Waals surface area contributed by atoms with Crippen molar-refractivity contribution in [1.82, 2.24) is 9.80 Å². The Morgan fingerprint density at radius 2 is 1.39 bits per heavy atom. The van der Waals surface area contributed by atoms with E-state index in [1.54, 1.807) is 21.3 Å². The molecular weight excluding hydrogens is 616 g/mol. The minimum absolute atomic E-state index is 0.0362. The lowest BCUT2D eigenvalue weighted by molar-refractivity contribution is -0.145. The maximum Gasteiger partial charge on any atom is 0.245 e. The number of carbonyl (C=O) groups excluding carboxylic acids is 1. The van der Waals surface area contributed by atoms with E-state index in [0.717, 1.165) is 61.5 Å². The first-order valence-electron chi connectivity index (χ1n) is 16.8. The van der Waals surface area contributed by atoms with E-state index in [2.05, 4.69) is 43.0 Å². The Balaban J connectivity index is 1.41. The normalized spacial score (nSPS) is 19.4. The van der Waals surface area contributed by atoms with Gasteiger partial charge in [-0.3, -0.25) is 9.69 Å². The number of amides is 1. The van der Waals surface area contributed by atoms with Crippen molar-refractivity contribution >= 4 is 12.0 Å². The molecule has 8 nitrogen and oxygen atoms in total. The molecule has 3 atom stereocenters. The molecule has 1 fully saturated rings. The second-order valence-corrected chi connectivity index (χ2v) is 13.1. The van der Waals surface area contributed by atoms with Gasteiger partial charge in [0.25, 0.3) is 0 Å². The van der Waals surface area contributed by atoms with Crippen molar-refractivity contribution in [2.75, 3.05) is 35.0 Å². The van der Waals surface area contributed by atoms with E-state index < -0.39 is 6.04 Å². The van der Waals surface area contributed by atoms with Gasteiger partial charge < -0.3 is 28.6 Å². The van der Waals surface area contributed by atoms with Gasteiger partial charge in [-0.1, -0.05) is 66.7 Å². The topological polar surface area (TPSA) is 69.7 Å². The Morgan fingerprint density at radius 3 is 2.02 bits per heavy atom. The molecule has 0 saturated carbocycles. The molecule has 1 saturated heterocycles. The first kappa shape index (κ1) is 32.7. The van der Waals surface area contributed by atoms with Crippen LogP contribution in [0.3, 0.4) is 0 Å². The molecule has 7 rings (SSSR count). The number of fused-ring (bicyclic) bond motifs is 7. The molecular formula is C41H44N2O6. The molecule has 0 N–H and O–H groups in total. The average molecular weight is 661 g/mol. The van der Waals surface area contributed by atoms with E-state index >= 15 is 0 Å². The predicted molar refractivity (Wildman–Crippen MR) is 189 cm³/mol. The smallest absolute Gasteiger partial charge is 0.245 e. The number of hydrogen-bond donors (Lipinski definition) is 0. The molecule has 49 heavy (non-hydrogen) atoms. The molecule has 4 aromatic carbocycles. The second-order valence-electron chi connectivity index (χ2n) is 13.1. The molecule has 4 aromatic rings. The lowest BCUT2D eigenvalue weighted by Gasteiger charge is -2.53. The summed E-state index contributed by atoms with van der Waals surface area (Å²) in [7, 11) is 7.06. The number of rotatable bonds is 10. The standard InChI is InChI=1S/C41H44N2O6/c1-24-18-29-19-32-41(44)43-31(36(42(32)4)34(29)40(37(24)45-5)49-22-28-16-12-9-13-17-28)20-30-25(2)26(3)38(46-6)39(47-7)35(30)33(43)23-48-21-27-14-10-8-11-15-27/h8-18,20,32-33,36H,19,21-23H2,1-7H3/t32-,33+,36+/m1/s1. The molecule has 0 aliphatic carbocycles. The third-order valence-electron chi connectivity index (χ3n) is 10.4. The third-order valence-corrected chi connectivity index (χ3v) is 10.4. The van der Waals surface area contributed by atoms with Crippen LogP contribution in [-0.4, -0.2) is 56.7 Å². The Labute approximate surface area is 288 Å². The van der Waals surface area contributed by atoms with Gasteiger partial charge in [0.2, 0.25) is 5.91 Å². The van der Waals surface area contributed by atoms with E-state index in [4.69, 9.17) is 23.7 Å². The lowest BCUT2D eigenvalue weighted by Crippen LogP contribution is -2.60. The van der Waals surface area contributed by atoms with Gasteiger partial charge in [0.15, 0.2) is 23.0 Å². The van der Waals surface area contributed by atoms with Gasteiger partial charge in [-0.15, -0.1) is 0 Å². The fourth-order valence-corrected chi connectivity index (χ4v) is 7.95. The van der Waals surface area contributed by atoms with Gasteiger partial charge in [-0.25, -0.2) is 0 Å². The summed E-state index contributed by atoms with van der Waals surface area (Å²) < 4.78 is 31.2. The lowest BCUT2D eigenvalue weighted by atomic mass is 9.77. The van der Waals surface area contributed by atoms with Crippen molar-refractivity contribution in [3.8, 4) is 23.0 Å². The third kappa shape index (κ3) is 5.43. The summed E-state index contributed by atoms with van der Waals surface area (Å²) in [5.41, 5.74) is 10.1. The molecule has 8 heteroatoms. The van der Waals surface area contributed by atoms with E-state index in [1.165, 1.54) is 0 Å². The number of piperazine rings is 1. The fraction of sp³-hybridized carbons (Fsp3) is 0.341. The van der Waals surface area contributed by atoms with Crippen LogP contribution in [0.2, 0.25) is 0 Å². The minimum atomic E-state index is -0.448. The van der Waals surface area contributed by atoms with Gasteiger partial charge >= 0.3 is 0 Å². The van der Waals surface area contributed by atoms with Crippen LogP contribution in [0.15, 0.2) is 72.4 Å². The maximum absolute atomic E-state index is 14.8. The SMILES string of the molecule is COc1c(C)cc2c(c1OCc1ccccc1)[C@@H]1C3=Cc4c(C)c(C)c(OC)c(OC)c4[C@H](COCc4ccccc4)N3C(=O)[C@@H](C2)N1C. The number of nitrogens with zero attached hydrogens (tertiary/aromatic N) is 2. The number of ether oxygens (including phenoxy) is 5. The Kier molecular flexibility index (Phi) is 8.86. The largest absolute Gasteiger partial charge is 0.493 e. The van der Waals surface area contributed by atoms with Crippen molar-refractivity contribution < 1.29 is 28.5 Å². The van der Waals surface area contributed by atoms with E-state index in [9.17, 15) is 4.79 Å². The van der Waals surface area contributed by atoms with E-state index in [-0.39, 0.29) is 24.6 Å². The van der Waals surface area contributed by atoms with Crippen molar-refractivity contribution in [3.63, 3.8) is 0 Å². The Morgan fingerprint density at radius 1 is 0.755 bits per heavy atom. The van der Waals surface area contributed by atoms with Gasteiger partial charge in [0.05, 0.1) is 52.7 Å². The summed E-state index contributed by atoms with van der Waals surface area (Å²) >= 11 is 0. The Hall–Kier alpha value is -4.79. The average Bonchev–Trinajstić information content (AvgIpc) is 3.11. The highest BCUT2D eigenvalue weighted by molar-refractivity contribution is 5.91. The summed E-state index contributed by atoms with van der Waals surface area (Å²) in [5.74, 6) is 2.77. The highest BCUT2D eigenvalue weighted by Gasteiger charge is 2.52. The quantitative estimate of drug-likeness (QED) is 0.177. The number of likely N-dealkylation sites (N-methyl/N-ethyl adjacent to an activating group) is 1. The zero-order valence-electron chi connectivity index (χ0n) is 29.3. The molecule has 0 unspecified atom stereocenters. The van der Waals surface area contributed by atoms with Crippen LogP contribution < -0.4 is 18.9 Å². The highest BCUT2D eigenvalue weighted by Crippen LogP contribution is 2.56. The van der Waals surface area contributed by atoms with Crippen LogP contribution in [0, 0.1) is 20.8 Å². The second kappa shape index (κ2) is 13.3. The molecule has 1 amide bonds. The number of carbonyl (C=O) groups is 1. The minimum Gasteiger partial charge on any atom is -0.493 e. The van der Waals surface area contributed by atoms with Gasteiger partial charge in [-0.2, -0.15) is 0 Å². The van der Waals surface area contributed by atoms with Gasteiger partial charge in [-0.05, 0) is 79.3 Å². The molecule has 0 aromatic heterocycles. The molecule has 3 heterocycles. The fourth-order valence-electron chi connectivity index (χ4n) is 7.95. The molecule has 0 spiro atoms. The van der Waals surface area contributed by atoms with Crippen molar-refractivity contribution in [2.24, 2.45) is 0 Å². The number of aryl methyl sites for hydroxylation is 1. The van der Waals surface area contributed by atoms with Crippen LogP contribution in [0.5, 0.6) is 23.0 Å². The Bertz CT molecular complexity index is 1920. The summed E-state index contributed by atoms with van der Waals surface area (Å²) in [6.07, 6.45) is 2.72. The summed E-state index contributed by atoms with van der Waals surface area (Å²) in [5, 5.41) is 0. The molecule has 2 bridgehead atoms. The van der Waals surface area contributed by atoms with Crippen molar-refractivity contribution in [3.05, 3.63) is 122 Å². The summed E-state index contributed by atoms with van der Waals surface area (Å²) in [6.45, 7) is 7.29. The molecule has 0 radical (unpaired) electrons. The van der Waals surface area contributed by atoms with Gasteiger partial charge in [0.1, 0.15) is 6.61 Å². The maximum atomic E-state index is 14.8. The zero-order chi connectivity index (χ0) is 34.4. The first-order chi connectivity index (χ1) is 23.8. The number of methoxy groups -OCH3 is 3. The van der Waals surface area contributed by atoms with Crippen molar-refractivity contribution in [2.45, 2.75) is 58.5 Å². The van der Waals surface area contributed by atoms with Crippen LogP contribution in [0.1, 0.15) is 62.2 Å². The summed E-state index contributed by atoms with van der Waals surface area (Å²) in [4.78, 5) is 19.0. The molecule has 3 aliphatic heterocycles. The van der Waals surface area contributed by atoms with Gasteiger partial charge in [0, 0.05) is 16.8 Å². The zero-order valence-corrected chi connectivity index (χ0v) is 29.3. The summed E-state index contributed by atoms with van der Waals surface area (Å²) in [6, 6.07) is 21.3. The number of benzene rings is 4. The van der Waals surface area contributed by atoms with Crippen molar-refractivity contribution in [1.29, 1.82) is 0 Å². The molecule has 254 valence electrons. The number of hydrogen-bond acceptors (Lipinski definition) is 7. The van der Waals surface area contributed by atoms with E-state index in [0.29, 0.717) is 36.9 Å². The molecule has 3 aliphatic rings. The van der Waals surface area contributed by atoms with Crippen LogP contribution >= 0.6 is 0 Å². The van der Waals surface area contributed by atoms with Crippen LogP contribution in [0.4, 0.5) is 0 Å². The van der Waals surface area contributed by atoms with Crippen LogP contribution in [0.25, 0.3) is 6.08 Å². The first-order valence-corrected chi connectivity index (χ1v) is 16.8. The van der Waals surface area contributed by atoms with Crippen LogP contribution in [-0.2, 0) is 29.2 Å². The monoisotopic (exact) mass is 660 g/mol. The predicted octanol–water partition coefficient (Wildman–Crippen LogP) is 7.27. The highest BCUT2D eigenvalue weighted by atomic mass is 16.5. The van der Waals surface area contributed by atoms with E-state index in [1.807, 2.05) is 67.4 Å².